The summed E-state index contributed by atoms with van der Waals surface area (Å²) in [5, 5.41) is 16.6. The first-order chi connectivity index (χ1) is 11.8. The maximum Gasteiger partial charge on any atom is 0.173 e. The quantitative estimate of drug-likeness (QED) is 0.569. The van der Waals surface area contributed by atoms with Crippen molar-refractivity contribution in [2.45, 2.75) is 13.5 Å². The molecular formula is C16H11N7O. The van der Waals surface area contributed by atoms with Crippen LogP contribution in [0.15, 0.2) is 41.3 Å². The predicted octanol–water partition coefficient (Wildman–Crippen LogP) is 2.10. The Hall–Kier alpha value is -3.60. The first-order valence-corrected chi connectivity index (χ1v) is 7.22. The number of aromatic nitrogens is 6. The number of aryl methyl sites for hydroxylation is 1. The van der Waals surface area contributed by atoms with E-state index in [1.807, 2.05) is 35.8 Å². The summed E-state index contributed by atoms with van der Waals surface area (Å²) in [6.45, 7) is 2.31. The molecule has 0 bridgehead atoms. The lowest BCUT2D eigenvalue weighted by Crippen LogP contribution is -2.04. The van der Waals surface area contributed by atoms with E-state index in [2.05, 4.69) is 25.3 Å². The highest BCUT2D eigenvalue weighted by Crippen LogP contribution is 2.24. The molecule has 0 fully saturated rings. The number of imidazole rings is 1. The molecule has 0 spiro atoms. The van der Waals surface area contributed by atoms with Gasteiger partial charge >= 0.3 is 0 Å². The Morgan fingerprint density at radius 2 is 2.12 bits per heavy atom. The monoisotopic (exact) mass is 317 g/mol. The molecule has 4 heterocycles. The molecule has 0 radical (unpaired) electrons. The lowest BCUT2D eigenvalue weighted by Gasteiger charge is -2.07. The number of nitriles is 1. The van der Waals surface area contributed by atoms with Crippen molar-refractivity contribution in [1.82, 2.24) is 29.8 Å². The fourth-order valence-electron chi connectivity index (χ4n) is 2.49. The SMILES string of the molecule is Cc1nonc1-c1nc2cccnc2n1Cc1ccc(C#N)nc1. The van der Waals surface area contributed by atoms with Gasteiger partial charge in [0, 0.05) is 12.4 Å². The number of hydrogen-bond acceptors (Lipinski definition) is 7. The lowest BCUT2D eigenvalue weighted by molar-refractivity contribution is 0.305. The Kier molecular flexibility index (Phi) is 3.24. The van der Waals surface area contributed by atoms with Gasteiger partial charge in [0.1, 0.15) is 23.0 Å². The Bertz CT molecular complexity index is 1060. The van der Waals surface area contributed by atoms with Crippen molar-refractivity contribution in [1.29, 1.82) is 5.26 Å². The topological polar surface area (TPSA) is 106 Å². The van der Waals surface area contributed by atoms with E-state index >= 15 is 0 Å². The van der Waals surface area contributed by atoms with E-state index in [9.17, 15) is 0 Å². The molecule has 4 aromatic rings. The Labute approximate surface area is 136 Å². The molecule has 0 amide bonds. The first kappa shape index (κ1) is 14.0. The van der Waals surface area contributed by atoms with Crippen molar-refractivity contribution in [2.24, 2.45) is 0 Å². The van der Waals surface area contributed by atoms with Crippen LogP contribution in [0.1, 0.15) is 17.0 Å². The van der Waals surface area contributed by atoms with E-state index in [0.717, 1.165) is 16.7 Å². The molecule has 4 rings (SSSR count). The standard InChI is InChI=1S/C16H11N7O/c1-10-14(22-24-21-10)16-20-13-3-2-6-18-15(13)23(16)9-11-4-5-12(7-17)19-8-11/h2-6,8H,9H2,1H3. The van der Waals surface area contributed by atoms with Crippen LogP contribution in [0, 0.1) is 18.3 Å². The van der Waals surface area contributed by atoms with E-state index in [4.69, 9.17) is 9.89 Å². The average molecular weight is 317 g/mol. The third kappa shape index (κ3) is 2.28. The molecule has 116 valence electrons. The molecule has 0 saturated carbocycles. The van der Waals surface area contributed by atoms with Gasteiger partial charge in [-0.3, -0.25) is 0 Å². The van der Waals surface area contributed by atoms with Crippen molar-refractivity contribution >= 4 is 11.2 Å². The summed E-state index contributed by atoms with van der Waals surface area (Å²) >= 11 is 0. The molecule has 0 N–H and O–H groups in total. The Balaban J connectivity index is 1.86. The summed E-state index contributed by atoms with van der Waals surface area (Å²) in [6.07, 6.45) is 3.39. The van der Waals surface area contributed by atoms with E-state index in [1.165, 1.54) is 0 Å². The second kappa shape index (κ2) is 5.55. The highest BCUT2D eigenvalue weighted by atomic mass is 16.6. The molecule has 0 aromatic carbocycles. The number of rotatable bonds is 3. The van der Waals surface area contributed by atoms with Crippen LogP contribution in [0.3, 0.4) is 0 Å². The van der Waals surface area contributed by atoms with Crippen LogP contribution in [-0.2, 0) is 6.54 Å². The highest BCUT2D eigenvalue weighted by Gasteiger charge is 2.19. The number of fused-ring (bicyclic) bond motifs is 1. The van der Waals surface area contributed by atoms with Crippen molar-refractivity contribution in [3.05, 3.63) is 53.6 Å². The maximum atomic E-state index is 8.86. The van der Waals surface area contributed by atoms with Gasteiger partial charge in [0.2, 0.25) is 0 Å². The number of pyridine rings is 2. The molecule has 8 nitrogen and oxygen atoms in total. The zero-order valence-electron chi connectivity index (χ0n) is 12.7. The highest BCUT2D eigenvalue weighted by molar-refractivity contribution is 5.76. The van der Waals surface area contributed by atoms with Crippen molar-refractivity contribution in [2.75, 3.05) is 0 Å². The van der Waals surface area contributed by atoms with Crippen LogP contribution in [0.4, 0.5) is 0 Å². The van der Waals surface area contributed by atoms with Gasteiger partial charge in [0.15, 0.2) is 17.2 Å². The molecule has 8 heteroatoms. The van der Waals surface area contributed by atoms with Crippen LogP contribution in [0.25, 0.3) is 22.7 Å². The summed E-state index contributed by atoms with van der Waals surface area (Å²) < 4.78 is 6.74. The molecule has 0 aliphatic heterocycles. The second-order valence-corrected chi connectivity index (χ2v) is 5.23. The molecule has 0 aliphatic carbocycles. The third-order valence-corrected chi connectivity index (χ3v) is 3.65. The molecule has 4 aromatic heterocycles. The largest absolute Gasteiger partial charge is 0.303 e. The third-order valence-electron chi connectivity index (χ3n) is 3.65. The van der Waals surface area contributed by atoms with Crippen molar-refractivity contribution < 1.29 is 4.63 Å². The van der Waals surface area contributed by atoms with E-state index in [-0.39, 0.29) is 0 Å². The van der Waals surface area contributed by atoms with Crippen molar-refractivity contribution in [3.8, 4) is 17.6 Å². The van der Waals surface area contributed by atoms with Gasteiger partial charge in [0.05, 0.1) is 6.54 Å². The predicted molar refractivity (Wildman–Crippen MR) is 83.6 cm³/mol. The smallest absolute Gasteiger partial charge is 0.173 e. The second-order valence-electron chi connectivity index (χ2n) is 5.23. The minimum absolute atomic E-state index is 0.379. The van der Waals surface area contributed by atoms with E-state index < -0.39 is 0 Å². The van der Waals surface area contributed by atoms with Gasteiger partial charge in [-0.25, -0.2) is 19.6 Å². The summed E-state index contributed by atoms with van der Waals surface area (Å²) in [5.41, 5.74) is 4.04. The van der Waals surface area contributed by atoms with Crippen molar-refractivity contribution in [3.63, 3.8) is 0 Å². The number of nitrogens with zero attached hydrogens (tertiary/aromatic N) is 7. The minimum Gasteiger partial charge on any atom is -0.303 e. The average Bonchev–Trinajstić information content (AvgIpc) is 3.19. The molecule has 24 heavy (non-hydrogen) atoms. The van der Waals surface area contributed by atoms with Gasteiger partial charge in [-0.05, 0) is 35.8 Å². The lowest BCUT2D eigenvalue weighted by atomic mass is 10.2. The summed E-state index contributed by atoms with van der Waals surface area (Å²) in [4.78, 5) is 13.1. The van der Waals surface area contributed by atoms with Crippen LogP contribution < -0.4 is 0 Å². The summed E-state index contributed by atoms with van der Waals surface area (Å²) in [5.74, 6) is 0.631. The molecular weight excluding hydrogens is 306 g/mol. The van der Waals surface area contributed by atoms with Gasteiger partial charge in [-0.1, -0.05) is 11.2 Å². The maximum absolute atomic E-state index is 8.86. The first-order valence-electron chi connectivity index (χ1n) is 7.22. The van der Waals surface area contributed by atoms with Gasteiger partial charge in [-0.15, -0.1) is 0 Å². The van der Waals surface area contributed by atoms with Crippen LogP contribution in [-0.4, -0.2) is 29.8 Å². The zero-order chi connectivity index (χ0) is 16.5. The fraction of sp³-hybridized carbons (Fsp3) is 0.125. The van der Waals surface area contributed by atoms with Gasteiger partial charge in [-0.2, -0.15) is 5.26 Å². The van der Waals surface area contributed by atoms with Gasteiger partial charge < -0.3 is 4.57 Å². The van der Waals surface area contributed by atoms with Crippen LogP contribution >= 0.6 is 0 Å². The fourth-order valence-corrected chi connectivity index (χ4v) is 2.49. The minimum atomic E-state index is 0.379. The zero-order valence-corrected chi connectivity index (χ0v) is 12.7. The van der Waals surface area contributed by atoms with Crippen LogP contribution in [0.5, 0.6) is 0 Å². The Morgan fingerprint density at radius 1 is 1.21 bits per heavy atom. The molecule has 0 atom stereocenters. The summed E-state index contributed by atoms with van der Waals surface area (Å²) in [6, 6.07) is 9.28. The van der Waals surface area contributed by atoms with E-state index in [1.54, 1.807) is 18.5 Å². The van der Waals surface area contributed by atoms with E-state index in [0.29, 0.717) is 29.5 Å². The normalized spacial score (nSPS) is 10.8. The Morgan fingerprint density at radius 3 is 2.83 bits per heavy atom. The van der Waals surface area contributed by atoms with Crippen LogP contribution in [0.2, 0.25) is 0 Å². The molecule has 0 unspecified atom stereocenters. The molecule has 0 saturated heterocycles. The number of hydrogen-bond donors (Lipinski definition) is 0. The van der Waals surface area contributed by atoms with Gasteiger partial charge in [0.25, 0.3) is 0 Å². The molecule has 0 aliphatic rings. The summed E-state index contributed by atoms with van der Waals surface area (Å²) in [7, 11) is 0.